The molecule has 2 N–H and O–H groups in total. The first-order valence-corrected chi connectivity index (χ1v) is 8.70. The van der Waals surface area contributed by atoms with Crippen LogP contribution in [0.1, 0.15) is 17.5 Å². The van der Waals surface area contributed by atoms with E-state index in [1.165, 1.54) is 10.8 Å². The lowest BCUT2D eigenvalue weighted by Gasteiger charge is -2.06. The summed E-state index contributed by atoms with van der Waals surface area (Å²) in [6.07, 6.45) is 2.57. The number of amides is 1. The third-order valence-corrected chi connectivity index (χ3v) is 4.51. The summed E-state index contributed by atoms with van der Waals surface area (Å²) >= 11 is 3.24. The van der Waals surface area contributed by atoms with E-state index in [-0.39, 0.29) is 11.7 Å². The van der Waals surface area contributed by atoms with Gasteiger partial charge in [0, 0.05) is 6.42 Å². The monoisotopic (exact) mass is 396 g/mol. The number of phenolic OH excluding ortho intramolecular Hbond substituents is 1. The molecule has 0 aliphatic heterocycles. The van der Waals surface area contributed by atoms with Gasteiger partial charge in [-0.25, -0.2) is 5.43 Å². The van der Waals surface area contributed by atoms with E-state index >= 15 is 0 Å². The van der Waals surface area contributed by atoms with Gasteiger partial charge < -0.3 is 5.11 Å². The van der Waals surface area contributed by atoms with Crippen LogP contribution in [0.5, 0.6) is 5.75 Å². The minimum atomic E-state index is -0.137. The SMILES string of the molecule is O=C(CCc1cccc2ccccc12)N/N=C/c1ccc(O)c(Br)c1. The summed E-state index contributed by atoms with van der Waals surface area (Å²) in [5.74, 6) is 0.0262. The first kappa shape index (κ1) is 17.2. The fraction of sp³-hybridized carbons (Fsp3) is 0.100. The molecule has 3 aromatic rings. The first-order valence-electron chi connectivity index (χ1n) is 7.90. The molecule has 5 heteroatoms. The van der Waals surface area contributed by atoms with Gasteiger partial charge in [0.15, 0.2) is 0 Å². The molecule has 25 heavy (non-hydrogen) atoms. The number of carbonyl (C=O) groups excluding carboxylic acids is 1. The highest BCUT2D eigenvalue weighted by Crippen LogP contribution is 2.23. The van der Waals surface area contributed by atoms with E-state index in [2.05, 4.69) is 44.7 Å². The molecule has 126 valence electrons. The van der Waals surface area contributed by atoms with Crippen molar-refractivity contribution in [1.82, 2.24) is 5.43 Å². The number of phenols is 1. The van der Waals surface area contributed by atoms with Crippen LogP contribution in [0.2, 0.25) is 0 Å². The van der Waals surface area contributed by atoms with Crippen LogP contribution in [0, 0.1) is 0 Å². The molecule has 0 aliphatic rings. The normalized spacial score (nSPS) is 11.1. The van der Waals surface area contributed by atoms with Crippen molar-refractivity contribution in [1.29, 1.82) is 0 Å². The lowest BCUT2D eigenvalue weighted by molar-refractivity contribution is -0.121. The van der Waals surface area contributed by atoms with Crippen molar-refractivity contribution in [3.8, 4) is 5.75 Å². The Hall–Kier alpha value is -2.66. The number of hydrazone groups is 1. The number of carbonyl (C=O) groups is 1. The van der Waals surface area contributed by atoms with E-state index in [4.69, 9.17) is 0 Å². The van der Waals surface area contributed by atoms with Crippen molar-refractivity contribution in [3.63, 3.8) is 0 Å². The summed E-state index contributed by atoms with van der Waals surface area (Å²) in [6.45, 7) is 0. The molecule has 0 saturated heterocycles. The Balaban J connectivity index is 1.57. The molecule has 0 atom stereocenters. The fourth-order valence-electron chi connectivity index (χ4n) is 2.60. The molecule has 0 radical (unpaired) electrons. The maximum atomic E-state index is 12.0. The summed E-state index contributed by atoms with van der Waals surface area (Å²) in [7, 11) is 0. The number of benzene rings is 3. The number of nitrogens with zero attached hydrogens (tertiary/aromatic N) is 1. The Morgan fingerprint density at radius 3 is 2.76 bits per heavy atom. The number of fused-ring (bicyclic) bond motifs is 1. The Bertz CT molecular complexity index is 933. The summed E-state index contributed by atoms with van der Waals surface area (Å²) in [5, 5.41) is 15.8. The Kier molecular flexibility index (Phi) is 5.46. The number of aromatic hydroxyl groups is 1. The molecule has 0 bridgehead atoms. The van der Waals surface area contributed by atoms with Gasteiger partial charge in [0.1, 0.15) is 5.75 Å². The van der Waals surface area contributed by atoms with Gasteiger partial charge in [0.2, 0.25) is 5.91 Å². The minimum Gasteiger partial charge on any atom is -0.507 e. The van der Waals surface area contributed by atoms with Crippen molar-refractivity contribution in [2.24, 2.45) is 5.10 Å². The highest BCUT2D eigenvalue weighted by Gasteiger charge is 2.04. The molecule has 0 fully saturated rings. The van der Waals surface area contributed by atoms with Crippen molar-refractivity contribution in [2.45, 2.75) is 12.8 Å². The average Bonchev–Trinajstić information content (AvgIpc) is 2.63. The van der Waals surface area contributed by atoms with Crippen molar-refractivity contribution >= 4 is 38.8 Å². The van der Waals surface area contributed by atoms with Crippen LogP contribution in [0.3, 0.4) is 0 Å². The lowest BCUT2D eigenvalue weighted by Crippen LogP contribution is -2.17. The maximum Gasteiger partial charge on any atom is 0.240 e. The Morgan fingerprint density at radius 1 is 1.12 bits per heavy atom. The first-order chi connectivity index (χ1) is 12.1. The third-order valence-electron chi connectivity index (χ3n) is 3.88. The van der Waals surface area contributed by atoms with Gasteiger partial charge in [-0.05, 0) is 62.4 Å². The number of hydrogen-bond acceptors (Lipinski definition) is 3. The Labute approximate surface area is 154 Å². The van der Waals surface area contributed by atoms with Crippen LogP contribution in [-0.2, 0) is 11.2 Å². The zero-order valence-electron chi connectivity index (χ0n) is 13.4. The molecular formula is C20H17BrN2O2. The zero-order chi connectivity index (χ0) is 17.6. The average molecular weight is 397 g/mol. The van der Waals surface area contributed by atoms with Gasteiger partial charge in [0.25, 0.3) is 0 Å². The molecule has 0 heterocycles. The highest BCUT2D eigenvalue weighted by molar-refractivity contribution is 9.10. The standard InChI is InChI=1S/C20H17BrN2O2/c21-18-12-14(8-10-19(18)24)13-22-23-20(25)11-9-16-6-3-5-15-4-1-2-7-17(15)16/h1-8,10,12-13,24H,9,11H2,(H,23,25)/b22-13+. The van der Waals surface area contributed by atoms with Crippen molar-refractivity contribution < 1.29 is 9.90 Å². The van der Waals surface area contributed by atoms with Crippen molar-refractivity contribution in [2.75, 3.05) is 0 Å². The predicted molar refractivity (Wildman–Crippen MR) is 104 cm³/mol. The molecule has 0 aliphatic carbocycles. The van der Waals surface area contributed by atoms with Crippen LogP contribution >= 0.6 is 15.9 Å². The van der Waals surface area contributed by atoms with Gasteiger partial charge >= 0.3 is 0 Å². The second-order valence-corrected chi connectivity index (χ2v) is 6.50. The molecule has 0 aromatic heterocycles. The van der Waals surface area contributed by atoms with E-state index in [1.54, 1.807) is 24.4 Å². The summed E-state index contributed by atoms with van der Waals surface area (Å²) in [6, 6.07) is 19.3. The topological polar surface area (TPSA) is 61.7 Å². The fourth-order valence-corrected chi connectivity index (χ4v) is 2.99. The second-order valence-electron chi connectivity index (χ2n) is 5.64. The van der Waals surface area contributed by atoms with Crippen LogP contribution in [0.4, 0.5) is 0 Å². The molecule has 3 aromatic carbocycles. The van der Waals surface area contributed by atoms with E-state index in [1.807, 2.05) is 24.3 Å². The number of halogens is 1. The number of aryl methyl sites for hydroxylation is 1. The highest BCUT2D eigenvalue weighted by atomic mass is 79.9. The molecule has 4 nitrogen and oxygen atoms in total. The summed E-state index contributed by atoms with van der Waals surface area (Å²) in [4.78, 5) is 12.0. The van der Waals surface area contributed by atoms with Crippen molar-refractivity contribution in [3.05, 3.63) is 76.3 Å². The quantitative estimate of drug-likeness (QED) is 0.496. The zero-order valence-corrected chi connectivity index (χ0v) is 15.0. The smallest absolute Gasteiger partial charge is 0.240 e. The number of rotatable bonds is 5. The van der Waals surface area contributed by atoms with E-state index in [9.17, 15) is 9.90 Å². The minimum absolute atomic E-state index is 0.137. The third kappa shape index (κ3) is 4.45. The lowest BCUT2D eigenvalue weighted by atomic mass is 10.0. The number of nitrogens with one attached hydrogen (secondary N) is 1. The van der Waals surface area contributed by atoms with E-state index in [0.717, 1.165) is 11.1 Å². The van der Waals surface area contributed by atoms with Crippen LogP contribution in [0.25, 0.3) is 10.8 Å². The van der Waals surface area contributed by atoms with E-state index in [0.29, 0.717) is 17.3 Å². The number of hydrogen-bond donors (Lipinski definition) is 2. The van der Waals surface area contributed by atoms with Gasteiger partial charge in [-0.1, -0.05) is 42.5 Å². The Morgan fingerprint density at radius 2 is 1.92 bits per heavy atom. The van der Waals surface area contributed by atoms with Crippen LogP contribution in [-0.4, -0.2) is 17.2 Å². The predicted octanol–water partition coefficient (Wildman–Crippen LogP) is 4.39. The van der Waals surface area contributed by atoms with Gasteiger partial charge in [-0.2, -0.15) is 5.10 Å². The van der Waals surface area contributed by atoms with Gasteiger partial charge in [0.05, 0.1) is 10.7 Å². The molecule has 1 amide bonds. The molecule has 0 saturated carbocycles. The van der Waals surface area contributed by atoms with Crippen LogP contribution in [0.15, 0.2) is 70.2 Å². The molecule has 0 spiro atoms. The maximum absolute atomic E-state index is 12.0. The van der Waals surface area contributed by atoms with E-state index < -0.39 is 0 Å². The molecule has 0 unspecified atom stereocenters. The summed E-state index contributed by atoms with van der Waals surface area (Å²) in [5.41, 5.74) is 4.47. The largest absolute Gasteiger partial charge is 0.507 e. The van der Waals surface area contributed by atoms with Crippen LogP contribution < -0.4 is 5.43 Å². The van der Waals surface area contributed by atoms with Gasteiger partial charge in [-0.15, -0.1) is 0 Å². The van der Waals surface area contributed by atoms with Gasteiger partial charge in [-0.3, -0.25) is 4.79 Å². The summed E-state index contributed by atoms with van der Waals surface area (Å²) < 4.78 is 0.582. The second kappa shape index (κ2) is 7.94. The molecule has 3 rings (SSSR count). The molecular weight excluding hydrogens is 380 g/mol.